The van der Waals surface area contributed by atoms with E-state index in [0.29, 0.717) is 24.7 Å². The molecule has 0 spiro atoms. The van der Waals surface area contributed by atoms with Crippen molar-refractivity contribution in [2.45, 2.75) is 58.3 Å². The van der Waals surface area contributed by atoms with E-state index in [1.54, 1.807) is 24.3 Å². The van der Waals surface area contributed by atoms with Gasteiger partial charge in [-0.3, -0.25) is 24.2 Å². The van der Waals surface area contributed by atoms with E-state index < -0.39 is 22.2 Å². The SMILES string of the molecule is CCC(C)(CC)c1ccc(OCCCCCOc2ccc(-n3c(=O)c4cc5c(=O)[nH]c(=O)c5cc4c3=O)cc2)cc1. The topological polar surface area (TPSA) is 107 Å². The smallest absolute Gasteiger partial charge is 0.266 e. The van der Waals surface area contributed by atoms with Crippen LogP contribution in [0.2, 0.25) is 0 Å². The molecule has 5 aromatic rings. The van der Waals surface area contributed by atoms with Crippen molar-refractivity contribution in [3.05, 3.63) is 108 Å². The molecule has 0 bridgehead atoms. The molecular formula is C33H34N2O6. The number of aromatic nitrogens is 2. The fraction of sp³-hybridized carbons (Fsp3) is 0.333. The van der Waals surface area contributed by atoms with Crippen LogP contribution in [-0.2, 0) is 5.41 Å². The molecule has 1 N–H and O–H groups in total. The van der Waals surface area contributed by atoms with Gasteiger partial charge in [-0.15, -0.1) is 0 Å². The zero-order chi connectivity index (χ0) is 29.1. The van der Waals surface area contributed by atoms with Crippen LogP contribution in [0.25, 0.3) is 27.2 Å². The van der Waals surface area contributed by atoms with Gasteiger partial charge < -0.3 is 9.47 Å². The van der Waals surface area contributed by atoms with Gasteiger partial charge >= 0.3 is 0 Å². The van der Waals surface area contributed by atoms with Gasteiger partial charge in [0, 0.05) is 0 Å². The predicted octanol–water partition coefficient (Wildman–Crippen LogP) is 5.13. The van der Waals surface area contributed by atoms with Crippen molar-refractivity contribution >= 4 is 21.5 Å². The van der Waals surface area contributed by atoms with Gasteiger partial charge in [0.15, 0.2) is 0 Å². The predicted molar refractivity (Wildman–Crippen MR) is 162 cm³/mol. The normalized spacial score (nSPS) is 11.9. The van der Waals surface area contributed by atoms with E-state index in [1.165, 1.54) is 17.7 Å². The number of hydrogen-bond acceptors (Lipinski definition) is 6. The summed E-state index contributed by atoms with van der Waals surface area (Å²) in [6, 6.07) is 17.8. The van der Waals surface area contributed by atoms with Gasteiger partial charge in [-0.2, -0.15) is 0 Å². The van der Waals surface area contributed by atoms with Gasteiger partial charge in [0.05, 0.1) is 40.4 Å². The zero-order valence-corrected chi connectivity index (χ0v) is 23.6. The molecule has 0 atom stereocenters. The highest BCUT2D eigenvalue weighted by atomic mass is 16.5. The van der Waals surface area contributed by atoms with Gasteiger partial charge in [0.2, 0.25) is 0 Å². The Morgan fingerprint density at radius 2 is 1.12 bits per heavy atom. The number of nitrogens with zero attached hydrogens (tertiary/aromatic N) is 1. The minimum atomic E-state index is -0.572. The maximum atomic E-state index is 13.0. The third kappa shape index (κ3) is 5.46. The number of fused-ring (bicyclic) bond motifs is 2. The van der Waals surface area contributed by atoms with Crippen molar-refractivity contribution in [1.82, 2.24) is 9.55 Å². The van der Waals surface area contributed by atoms with E-state index in [9.17, 15) is 19.2 Å². The first-order chi connectivity index (χ1) is 19.8. The van der Waals surface area contributed by atoms with Crippen molar-refractivity contribution in [2.24, 2.45) is 0 Å². The molecule has 41 heavy (non-hydrogen) atoms. The van der Waals surface area contributed by atoms with E-state index in [1.807, 2.05) is 0 Å². The number of ether oxygens (including phenoxy) is 2. The van der Waals surface area contributed by atoms with Crippen LogP contribution in [-0.4, -0.2) is 22.8 Å². The van der Waals surface area contributed by atoms with Gasteiger partial charge in [0.1, 0.15) is 11.5 Å². The number of unbranched alkanes of at least 4 members (excludes halogenated alkanes) is 2. The molecule has 2 aromatic heterocycles. The molecule has 0 aliphatic heterocycles. The monoisotopic (exact) mass is 554 g/mol. The third-order valence-corrected chi connectivity index (χ3v) is 8.27. The van der Waals surface area contributed by atoms with Crippen LogP contribution in [0.1, 0.15) is 58.4 Å². The summed E-state index contributed by atoms with van der Waals surface area (Å²) >= 11 is 0. The number of nitrogens with one attached hydrogen (secondary N) is 1. The lowest BCUT2D eigenvalue weighted by atomic mass is 9.78. The molecule has 212 valence electrons. The fourth-order valence-corrected chi connectivity index (χ4v) is 5.20. The summed E-state index contributed by atoms with van der Waals surface area (Å²) in [5.41, 5.74) is -0.274. The van der Waals surface area contributed by atoms with E-state index in [4.69, 9.17) is 9.47 Å². The maximum Gasteiger partial charge on any atom is 0.266 e. The summed E-state index contributed by atoms with van der Waals surface area (Å²) in [6.07, 6.45) is 4.96. The maximum absolute atomic E-state index is 13.0. The number of H-pyrrole nitrogens is 1. The van der Waals surface area contributed by atoms with Crippen LogP contribution < -0.4 is 31.7 Å². The number of aromatic amines is 1. The molecule has 5 rings (SSSR count). The minimum absolute atomic E-state index is 0.104. The van der Waals surface area contributed by atoms with Crippen molar-refractivity contribution < 1.29 is 9.47 Å². The first-order valence-corrected chi connectivity index (χ1v) is 14.1. The molecule has 3 aromatic carbocycles. The number of rotatable bonds is 12. The molecule has 0 saturated carbocycles. The third-order valence-electron chi connectivity index (χ3n) is 8.27. The van der Waals surface area contributed by atoms with Crippen LogP contribution in [0, 0.1) is 0 Å². The van der Waals surface area contributed by atoms with Crippen molar-refractivity contribution in [2.75, 3.05) is 13.2 Å². The number of hydrogen-bond donors (Lipinski definition) is 1. The second-order valence-corrected chi connectivity index (χ2v) is 10.7. The Kier molecular flexibility index (Phi) is 7.92. The summed E-state index contributed by atoms with van der Waals surface area (Å²) in [6.45, 7) is 7.94. The van der Waals surface area contributed by atoms with Crippen LogP contribution in [0.4, 0.5) is 0 Å². The van der Waals surface area contributed by atoms with Gasteiger partial charge in [-0.1, -0.05) is 32.9 Å². The Labute approximate surface area is 236 Å². The molecular weight excluding hydrogens is 520 g/mol. The second kappa shape index (κ2) is 11.6. The van der Waals surface area contributed by atoms with Crippen LogP contribution in [0.3, 0.4) is 0 Å². The summed E-state index contributed by atoms with van der Waals surface area (Å²) < 4.78 is 12.8. The Morgan fingerprint density at radius 1 is 0.659 bits per heavy atom. The van der Waals surface area contributed by atoms with E-state index in [0.717, 1.165) is 42.4 Å². The number of benzene rings is 3. The molecule has 0 aliphatic carbocycles. The lowest BCUT2D eigenvalue weighted by molar-refractivity contribution is 0.279. The molecule has 0 saturated heterocycles. The quantitative estimate of drug-likeness (QED) is 0.214. The Morgan fingerprint density at radius 3 is 1.59 bits per heavy atom. The van der Waals surface area contributed by atoms with Gasteiger partial charge in [-0.05, 0) is 91.6 Å². The zero-order valence-electron chi connectivity index (χ0n) is 23.6. The van der Waals surface area contributed by atoms with Crippen LogP contribution in [0.5, 0.6) is 11.5 Å². The lowest BCUT2D eigenvalue weighted by Crippen LogP contribution is -2.23. The lowest BCUT2D eigenvalue weighted by Gasteiger charge is -2.27. The van der Waals surface area contributed by atoms with Crippen molar-refractivity contribution in [3.8, 4) is 17.2 Å². The first kappa shape index (κ1) is 28.1. The Bertz CT molecular complexity index is 1790. The second-order valence-electron chi connectivity index (χ2n) is 10.7. The van der Waals surface area contributed by atoms with E-state index in [2.05, 4.69) is 50.0 Å². The highest BCUT2D eigenvalue weighted by molar-refractivity contribution is 5.97. The highest BCUT2D eigenvalue weighted by Crippen LogP contribution is 2.32. The summed E-state index contributed by atoms with van der Waals surface area (Å²) in [4.78, 5) is 52.1. The first-order valence-electron chi connectivity index (χ1n) is 14.1. The van der Waals surface area contributed by atoms with Gasteiger partial charge in [0.25, 0.3) is 22.2 Å². The van der Waals surface area contributed by atoms with Crippen molar-refractivity contribution in [3.63, 3.8) is 0 Å². The largest absolute Gasteiger partial charge is 0.494 e. The molecule has 0 unspecified atom stereocenters. The Balaban J connectivity index is 1.12. The molecule has 2 heterocycles. The molecule has 0 amide bonds. The molecule has 0 aliphatic rings. The molecule has 0 radical (unpaired) electrons. The molecule has 8 nitrogen and oxygen atoms in total. The standard InChI is InChI=1S/C33H34N2O6/c1-4-33(3,5-2)21-9-13-23(14-10-21)40-17-7-6-8-18-41-24-15-11-22(12-16-24)35-31(38)27-19-25-26(20-28(27)32(35)39)30(37)34-29(25)36/h9-16,19-20H,4-8,17-18H2,1-3H3,(H,34,36,37). The summed E-state index contributed by atoms with van der Waals surface area (Å²) in [7, 11) is 0. The molecule has 8 heteroatoms. The highest BCUT2D eigenvalue weighted by Gasteiger charge is 2.22. The van der Waals surface area contributed by atoms with Crippen LogP contribution in [0.15, 0.2) is 79.8 Å². The van der Waals surface area contributed by atoms with E-state index in [-0.39, 0.29) is 27.0 Å². The summed E-state index contributed by atoms with van der Waals surface area (Å²) in [5.74, 6) is 1.52. The fourth-order valence-electron chi connectivity index (χ4n) is 5.20. The average molecular weight is 555 g/mol. The van der Waals surface area contributed by atoms with Crippen LogP contribution >= 0.6 is 0 Å². The minimum Gasteiger partial charge on any atom is -0.494 e. The molecule has 0 fully saturated rings. The Hall–Kier alpha value is -4.46. The van der Waals surface area contributed by atoms with Gasteiger partial charge in [-0.25, -0.2) is 4.57 Å². The van der Waals surface area contributed by atoms with Crippen molar-refractivity contribution in [1.29, 1.82) is 0 Å². The van der Waals surface area contributed by atoms with E-state index >= 15 is 0 Å². The average Bonchev–Trinajstić information content (AvgIpc) is 3.41. The summed E-state index contributed by atoms with van der Waals surface area (Å²) in [5, 5.41) is 0.423.